The fraction of sp³-hybridized carbons (Fsp3) is 0.0909. The van der Waals surface area contributed by atoms with Crippen LogP contribution in [0.5, 0.6) is 0 Å². The van der Waals surface area contributed by atoms with Crippen molar-refractivity contribution in [2.24, 2.45) is 0 Å². The molecule has 2 aliphatic rings. The van der Waals surface area contributed by atoms with Gasteiger partial charge in [-0.15, -0.1) is 0 Å². The maximum Gasteiger partial charge on any atom is 0.143 e. The molecule has 274 valence electrons. The van der Waals surface area contributed by atoms with E-state index in [0.29, 0.717) is 0 Å². The summed E-state index contributed by atoms with van der Waals surface area (Å²) < 4.78 is 6.49. The van der Waals surface area contributed by atoms with E-state index in [2.05, 4.69) is 206 Å². The summed E-state index contributed by atoms with van der Waals surface area (Å²) in [5.74, 6) is 0. The summed E-state index contributed by atoms with van der Waals surface area (Å²) in [6.45, 7) is 2.35. The average molecular weight is 734 g/mol. The molecule has 0 saturated heterocycles. The zero-order valence-corrected chi connectivity index (χ0v) is 32.1. The van der Waals surface area contributed by atoms with E-state index in [-0.39, 0.29) is 5.41 Å². The molecule has 2 nitrogen and oxygen atoms in total. The molecular weight excluding hydrogens is 691 g/mol. The SMILES string of the molecule is CC1(c2ccc(N(c3ccc(-c4ccc(-c5ccccc5)cc4)cc3)c3cccc(-c4cccc5c4oc4ccccc45)c3)cc2)C=CC(C2=CCCC=C2)=CC1. The highest BCUT2D eigenvalue weighted by atomic mass is 16.3. The van der Waals surface area contributed by atoms with Gasteiger partial charge < -0.3 is 9.32 Å². The number of para-hydroxylation sites is 2. The van der Waals surface area contributed by atoms with Crippen molar-refractivity contribution in [3.8, 4) is 33.4 Å². The van der Waals surface area contributed by atoms with Crippen LogP contribution in [0, 0.1) is 0 Å². The predicted molar refractivity (Wildman–Crippen MR) is 240 cm³/mol. The Morgan fingerprint density at radius 2 is 1.11 bits per heavy atom. The molecule has 0 aliphatic heterocycles. The van der Waals surface area contributed by atoms with E-state index in [1.807, 2.05) is 12.1 Å². The van der Waals surface area contributed by atoms with Crippen LogP contribution in [0.1, 0.15) is 31.7 Å². The van der Waals surface area contributed by atoms with Crippen LogP contribution in [-0.2, 0) is 5.41 Å². The van der Waals surface area contributed by atoms with Gasteiger partial charge in [0.25, 0.3) is 0 Å². The van der Waals surface area contributed by atoms with Crippen LogP contribution in [0.3, 0.4) is 0 Å². The minimum Gasteiger partial charge on any atom is -0.455 e. The zero-order valence-electron chi connectivity index (χ0n) is 32.1. The lowest BCUT2D eigenvalue weighted by Gasteiger charge is -2.31. The maximum absolute atomic E-state index is 6.49. The topological polar surface area (TPSA) is 16.4 Å². The molecule has 1 atom stereocenters. The number of hydrogen-bond acceptors (Lipinski definition) is 2. The molecule has 8 aromatic rings. The van der Waals surface area contributed by atoms with Crippen LogP contribution >= 0.6 is 0 Å². The fourth-order valence-corrected chi connectivity index (χ4v) is 8.50. The van der Waals surface area contributed by atoms with Gasteiger partial charge in [0.15, 0.2) is 0 Å². The number of hydrogen-bond donors (Lipinski definition) is 0. The van der Waals surface area contributed by atoms with E-state index < -0.39 is 0 Å². The van der Waals surface area contributed by atoms with Gasteiger partial charge in [-0.2, -0.15) is 0 Å². The number of furan rings is 1. The predicted octanol–water partition coefficient (Wildman–Crippen LogP) is 15.5. The molecular formula is C55H43NO. The average Bonchev–Trinajstić information content (AvgIpc) is 3.67. The van der Waals surface area contributed by atoms with Crippen molar-refractivity contribution < 1.29 is 4.42 Å². The number of allylic oxidation sites excluding steroid dienone is 8. The quantitative estimate of drug-likeness (QED) is 0.155. The molecule has 57 heavy (non-hydrogen) atoms. The number of anilines is 3. The van der Waals surface area contributed by atoms with Crippen molar-refractivity contribution in [3.05, 3.63) is 223 Å². The monoisotopic (exact) mass is 733 g/mol. The highest BCUT2D eigenvalue weighted by Gasteiger charge is 2.26. The van der Waals surface area contributed by atoms with Crippen molar-refractivity contribution in [2.75, 3.05) is 4.90 Å². The van der Waals surface area contributed by atoms with Crippen molar-refractivity contribution in [2.45, 2.75) is 31.6 Å². The first-order chi connectivity index (χ1) is 28.1. The van der Waals surface area contributed by atoms with Gasteiger partial charge in [0.2, 0.25) is 0 Å². The highest BCUT2D eigenvalue weighted by molar-refractivity contribution is 6.09. The van der Waals surface area contributed by atoms with Crippen LogP contribution < -0.4 is 4.90 Å². The maximum atomic E-state index is 6.49. The van der Waals surface area contributed by atoms with Crippen LogP contribution in [-0.4, -0.2) is 0 Å². The first kappa shape index (κ1) is 34.6. The summed E-state index contributed by atoms with van der Waals surface area (Å²) in [5, 5.41) is 2.27. The number of nitrogens with zero attached hydrogens (tertiary/aromatic N) is 1. The largest absolute Gasteiger partial charge is 0.455 e. The van der Waals surface area contributed by atoms with Crippen LogP contribution in [0.4, 0.5) is 17.1 Å². The molecule has 7 aromatic carbocycles. The van der Waals surface area contributed by atoms with Crippen molar-refractivity contribution in [3.63, 3.8) is 0 Å². The number of benzene rings is 7. The van der Waals surface area contributed by atoms with E-state index in [4.69, 9.17) is 4.42 Å². The minimum atomic E-state index is -0.0747. The molecule has 2 aliphatic carbocycles. The molecule has 1 heterocycles. The van der Waals surface area contributed by atoms with Gasteiger partial charge in [0.05, 0.1) is 0 Å². The summed E-state index contributed by atoms with van der Waals surface area (Å²) in [4.78, 5) is 2.37. The van der Waals surface area contributed by atoms with Crippen molar-refractivity contribution in [1.82, 2.24) is 0 Å². The van der Waals surface area contributed by atoms with Crippen molar-refractivity contribution >= 4 is 39.0 Å². The van der Waals surface area contributed by atoms with E-state index >= 15 is 0 Å². The summed E-state index contributed by atoms with van der Waals surface area (Å²) in [5.41, 5.74) is 16.0. The van der Waals surface area contributed by atoms with E-state index in [9.17, 15) is 0 Å². The summed E-state index contributed by atoms with van der Waals surface area (Å²) in [6.07, 6.45) is 17.3. The van der Waals surface area contributed by atoms with Gasteiger partial charge in [0, 0.05) is 38.8 Å². The standard InChI is InChI=1S/C55H43NO/c1-55(36-34-44(35-37-55)40-14-6-3-7-15-40)46-28-32-48(33-29-46)56(47-30-26-43(27-31-47)42-24-22-41(23-25-42)39-12-4-2-5-13-39)49-17-10-16-45(38-49)50-19-11-20-52-51-18-8-9-21-53(51)57-54(50)52/h2,4-6,8-36,38H,3,7,37H2,1H3. The summed E-state index contributed by atoms with van der Waals surface area (Å²) in [7, 11) is 0. The molecule has 0 bridgehead atoms. The smallest absolute Gasteiger partial charge is 0.143 e. The first-order valence-electron chi connectivity index (χ1n) is 20.0. The highest BCUT2D eigenvalue weighted by Crippen LogP contribution is 2.42. The molecule has 0 N–H and O–H groups in total. The van der Waals surface area contributed by atoms with E-state index in [1.165, 1.54) is 39.0 Å². The third-order valence-corrected chi connectivity index (χ3v) is 11.8. The molecule has 0 amide bonds. The Kier molecular flexibility index (Phi) is 8.88. The zero-order chi connectivity index (χ0) is 38.2. The molecule has 2 heteroatoms. The molecule has 1 aromatic heterocycles. The molecule has 0 saturated carbocycles. The lowest BCUT2D eigenvalue weighted by Crippen LogP contribution is -2.20. The lowest BCUT2D eigenvalue weighted by atomic mass is 9.75. The molecule has 10 rings (SSSR count). The van der Waals surface area contributed by atoms with Gasteiger partial charge in [-0.25, -0.2) is 0 Å². The molecule has 0 spiro atoms. The normalized spacial score (nSPS) is 16.4. The number of rotatable bonds is 8. The van der Waals surface area contributed by atoms with Crippen LogP contribution in [0.25, 0.3) is 55.3 Å². The fourth-order valence-electron chi connectivity index (χ4n) is 8.50. The van der Waals surface area contributed by atoms with Crippen LogP contribution in [0.2, 0.25) is 0 Å². The van der Waals surface area contributed by atoms with Crippen molar-refractivity contribution in [1.29, 1.82) is 0 Å². The van der Waals surface area contributed by atoms with Crippen LogP contribution in [0.15, 0.2) is 222 Å². The second-order valence-corrected chi connectivity index (χ2v) is 15.5. The Balaban J connectivity index is 1.01. The van der Waals surface area contributed by atoms with E-state index in [0.717, 1.165) is 69.4 Å². The van der Waals surface area contributed by atoms with Gasteiger partial charge in [-0.3, -0.25) is 0 Å². The summed E-state index contributed by atoms with van der Waals surface area (Å²) >= 11 is 0. The van der Waals surface area contributed by atoms with Gasteiger partial charge >= 0.3 is 0 Å². The Hall–Kier alpha value is -6.90. The second kappa shape index (κ2) is 14.6. The van der Waals surface area contributed by atoms with E-state index in [1.54, 1.807) is 0 Å². The minimum absolute atomic E-state index is 0.0747. The van der Waals surface area contributed by atoms with Gasteiger partial charge in [-0.1, -0.05) is 171 Å². The Morgan fingerprint density at radius 3 is 1.81 bits per heavy atom. The Morgan fingerprint density at radius 1 is 0.491 bits per heavy atom. The lowest BCUT2D eigenvalue weighted by molar-refractivity contribution is 0.597. The Bertz CT molecular complexity index is 2850. The summed E-state index contributed by atoms with van der Waals surface area (Å²) in [6, 6.07) is 61.1. The first-order valence-corrected chi connectivity index (χ1v) is 20.0. The third kappa shape index (κ3) is 6.64. The Labute approximate surface area is 335 Å². The second-order valence-electron chi connectivity index (χ2n) is 15.5. The molecule has 0 radical (unpaired) electrons. The third-order valence-electron chi connectivity index (χ3n) is 11.8. The number of fused-ring (bicyclic) bond motifs is 3. The molecule has 1 unspecified atom stereocenters. The van der Waals surface area contributed by atoms with Gasteiger partial charge in [-0.05, 0) is 106 Å². The molecule has 0 fully saturated rings. The van der Waals surface area contributed by atoms with Gasteiger partial charge in [0.1, 0.15) is 11.2 Å².